The molecule has 0 saturated carbocycles. The number of carbonyl (C=O) groups is 1. The maximum absolute atomic E-state index is 12.3. The van der Waals surface area contributed by atoms with Gasteiger partial charge in [-0.2, -0.15) is 13.2 Å². The number of thioether (sulfide) groups is 1. The van der Waals surface area contributed by atoms with Gasteiger partial charge in [-0.15, -0.1) is 0 Å². The van der Waals surface area contributed by atoms with Crippen LogP contribution in [0.3, 0.4) is 0 Å². The van der Waals surface area contributed by atoms with Crippen LogP contribution in [0.1, 0.15) is 6.92 Å². The lowest BCUT2D eigenvalue weighted by Gasteiger charge is -2.23. The van der Waals surface area contributed by atoms with E-state index in [1.165, 1.54) is 11.8 Å². The minimum Gasteiger partial charge on any atom is -0.261 e. The number of amides is 2. The van der Waals surface area contributed by atoms with Crippen molar-refractivity contribution in [2.24, 2.45) is 4.99 Å². The molecule has 8 heteroatoms. The fraction of sp³-hybridized carbons (Fsp3) is 0.333. The van der Waals surface area contributed by atoms with Crippen molar-refractivity contribution in [3.8, 4) is 0 Å². The standard InChI is InChI=1S/C12H12F3N3OS/c1-8-7-16-11(20-8)18(9-5-3-2-4-6-9)10(19)17-12(13,14)15/h2-6,8H,7H2,1H3,(H,17,19). The number of alkyl halides is 3. The molecule has 1 aliphatic heterocycles. The lowest BCUT2D eigenvalue weighted by molar-refractivity contribution is -0.144. The molecule has 2 rings (SSSR count). The molecule has 0 aliphatic carbocycles. The van der Waals surface area contributed by atoms with Gasteiger partial charge in [0.15, 0.2) is 5.17 Å². The minimum atomic E-state index is -4.78. The quantitative estimate of drug-likeness (QED) is 0.810. The molecule has 108 valence electrons. The second kappa shape index (κ2) is 5.74. The number of amidine groups is 1. The van der Waals surface area contributed by atoms with Crippen LogP contribution in [-0.4, -0.2) is 29.3 Å². The summed E-state index contributed by atoms with van der Waals surface area (Å²) in [6.07, 6.45) is -4.78. The van der Waals surface area contributed by atoms with E-state index in [0.717, 1.165) is 10.2 Å². The Hall–Kier alpha value is -1.70. The predicted octanol–water partition coefficient (Wildman–Crippen LogP) is 3.21. The Labute approximate surface area is 118 Å². The number of rotatable bonds is 1. The van der Waals surface area contributed by atoms with E-state index in [1.807, 2.05) is 6.92 Å². The normalized spacial score (nSPS) is 18.6. The zero-order chi connectivity index (χ0) is 14.8. The summed E-state index contributed by atoms with van der Waals surface area (Å²) in [5.41, 5.74) is 0.342. The number of anilines is 1. The Morgan fingerprint density at radius 3 is 2.55 bits per heavy atom. The topological polar surface area (TPSA) is 44.7 Å². The average molecular weight is 303 g/mol. The number of nitrogens with one attached hydrogen (secondary N) is 1. The number of nitrogens with zero attached hydrogens (tertiary/aromatic N) is 2. The molecule has 0 radical (unpaired) electrons. The SMILES string of the molecule is CC1CN=C(N(C(=O)NC(F)(F)F)c2ccccc2)S1. The van der Waals surface area contributed by atoms with E-state index in [2.05, 4.69) is 4.99 Å². The minimum absolute atomic E-state index is 0.134. The van der Waals surface area contributed by atoms with Crippen LogP contribution >= 0.6 is 11.8 Å². The number of hydrogen-bond donors (Lipinski definition) is 1. The van der Waals surface area contributed by atoms with Crippen molar-refractivity contribution < 1.29 is 18.0 Å². The predicted molar refractivity (Wildman–Crippen MR) is 72.9 cm³/mol. The highest BCUT2D eigenvalue weighted by Crippen LogP contribution is 2.27. The summed E-state index contributed by atoms with van der Waals surface area (Å²) in [5, 5.41) is 1.41. The maximum atomic E-state index is 12.3. The molecular formula is C12H12F3N3OS. The Bertz CT molecular complexity index is 518. The highest BCUT2D eigenvalue weighted by atomic mass is 32.2. The summed E-state index contributed by atoms with van der Waals surface area (Å²) in [6, 6.07) is 6.86. The second-order valence-electron chi connectivity index (χ2n) is 4.15. The fourth-order valence-electron chi connectivity index (χ4n) is 1.65. The van der Waals surface area contributed by atoms with Crippen molar-refractivity contribution >= 4 is 28.6 Å². The first kappa shape index (κ1) is 14.7. The molecule has 20 heavy (non-hydrogen) atoms. The van der Waals surface area contributed by atoms with Gasteiger partial charge in [0.25, 0.3) is 0 Å². The van der Waals surface area contributed by atoms with Crippen molar-refractivity contribution in [3.05, 3.63) is 30.3 Å². The lowest BCUT2D eigenvalue weighted by atomic mass is 10.3. The molecule has 0 bridgehead atoms. The Morgan fingerprint density at radius 1 is 1.40 bits per heavy atom. The summed E-state index contributed by atoms with van der Waals surface area (Å²) in [6.45, 7) is 2.37. The van der Waals surface area contributed by atoms with Crippen LogP contribution in [-0.2, 0) is 0 Å². The van der Waals surface area contributed by atoms with Crippen LogP contribution in [0, 0.1) is 0 Å². The maximum Gasteiger partial charge on any atom is 0.485 e. The zero-order valence-electron chi connectivity index (χ0n) is 10.5. The highest BCUT2D eigenvalue weighted by molar-refractivity contribution is 8.15. The summed E-state index contributed by atoms with van der Waals surface area (Å²) >= 11 is 1.27. The Kier molecular flexibility index (Phi) is 4.22. The van der Waals surface area contributed by atoms with Gasteiger partial charge in [-0.3, -0.25) is 4.99 Å². The van der Waals surface area contributed by atoms with Gasteiger partial charge in [-0.25, -0.2) is 15.0 Å². The Morgan fingerprint density at radius 2 is 2.05 bits per heavy atom. The molecule has 0 fully saturated rings. The van der Waals surface area contributed by atoms with Gasteiger partial charge in [0.1, 0.15) is 0 Å². The summed E-state index contributed by atoms with van der Waals surface area (Å²) in [7, 11) is 0. The molecule has 0 saturated heterocycles. The zero-order valence-corrected chi connectivity index (χ0v) is 11.3. The summed E-state index contributed by atoms with van der Waals surface area (Å²) in [5.74, 6) is 0. The van der Waals surface area contributed by atoms with Crippen molar-refractivity contribution in [1.29, 1.82) is 0 Å². The van der Waals surface area contributed by atoms with Crippen molar-refractivity contribution in [2.45, 2.75) is 18.5 Å². The number of halogens is 3. The van der Waals surface area contributed by atoms with E-state index in [1.54, 1.807) is 30.3 Å². The third-order valence-electron chi connectivity index (χ3n) is 2.45. The molecule has 1 heterocycles. The van der Waals surface area contributed by atoms with E-state index in [-0.39, 0.29) is 10.4 Å². The van der Waals surface area contributed by atoms with Gasteiger partial charge < -0.3 is 0 Å². The first-order chi connectivity index (χ1) is 9.37. The molecule has 2 amide bonds. The third kappa shape index (κ3) is 3.66. The van der Waals surface area contributed by atoms with Gasteiger partial charge in [0.05, 0.1) is 12.2 Å². The number of carbonyl (C=O) groups excluding carboxylic acids is 1. The summed E-state index contributed by atoms with van der Waals surface area (Å²) < 4.78 is 37.0. The van der Waals surface area contributed by atoms with Crippen molar-refractivity contribution in [3.63, 3.8) is 0 Å². The molecule has 0 aromatic heterocycles. The first-order valence-electron chi connectivity index (χ1n) is 5.82. The average Bonchev–Trinajstić information content (AvgIpc) is 2.75. The Balaban J connectivity index is 2.28. The van der Waals surface area contributed by atoms with Crippen LogP contribution in [0.2, 0.25) is 0 Å². The van der Waals surface area contributed by atoms with Crippen LogP contribution < -0.4 is 10.2 Å². The smallest absolute Gasteiger partial charge is 0.261 e. The second-order valence-corrected chi connectivity index (χ2v) is 5.56. The molecule has 1 aliphatic rings. The monoisotopic (exact) mass is 303 g/mol. The van der Waals surface area contributed by atoms with Crippen LogP contribution in [0.5, 0.6) is 0 Å². The van der Waals surface area contributed by atoms with Crippen LogP contribution in [0.25, 0.3) is 0 Å². The molecule has 1 atom stereocenters. The third-order valence-corrected chi connectivity index (χ3v) is 3.52. The number of hydrogen-bond acceptors (Lipinski definition) is 3. The number of urea groups is 1. The number of aliphatic imine (C=N–C) groups is 1. The molecule has 0 spiro atoms. The van der Waals surface area contributed by atoms with Gasteiger partial charge in [-0.1, -0.05) is 36.9 Å². The molecule has 1 N–H and O–H groups in total. The first-order valence-corrected chi connectivity index (χ1v) is 6.70. The van der Waals surface area contributed by atoms with E-state index in [9.17, 15) is 18.0 Å². The largest absolute Gasteiger partial charge is 0.485 e. The van der Waals surface area contributed by atoms with E-state index >= 15 is 0 Å². The summed E-state index contributed by atoms with van der Waals surface area (Å²) in [4.78, 5) is 16.9. The molecule has 1 aromatic rings. The van der Waals surface area contributed by atoms with Gasteiger partial charge in [-0.05, 0) is 12.1 Å². The molecule has 4 nitrogen and oxygen atoms in total. The molecule has 1 unspecified atom stereocenters. The van der Waals surface area contributed by atoms with Crippen molar-refractivity contribution in [1.82, 2.24) is 5.32 Å². The van der Waals surface area contributed by atoms with E-state index in [4.69, 9.17) is 0 Å². The van der Waals surface area contributed by atoms with Crippen molar-refractivity contribution in [2.75, 3.05) is 11.4 Å². The molecule has 1 aromatic carbocycles. The fourth-order valence-corrected chi connectivity index (χ4v) is 2.61. The highest BCUT2D eigenvalue weighted by Gasteiger charge is 2.35. The van der Waals surface area contributed by atoms with E-state index in [0.29, 0.717) is 12.2 Å². The van der Waals surface area contributed by atoms with E-state index < -0.39 is 12.3 Å². The van der Waals surface area contributed by atoms with Crippen LogP contribution in [0.4, 0.5) is 23.7 Å². The van der Waals surface area contributed by atoms with Gasteiger partial charge >= 0.3 is 12.3 Å². The number of benzene rings is 1. The van der Waals surface area contributed by atoms with Crippen LogP contribution in [0.15, 0.2) is 35.3 Å². The number of para-hydroxylation sites is 1. The molecular weight excluding hydrogens is 291 g/mol. The van der Waals surface area contributed by atoms with Gasteiger partial charge in [0, 0.05) is 5.25 Å². The van der Waals surface area contributed by atoms with Gasteiger partial charge in [0.2, 0.25) is 0 Å². The lowest BCUT2D eigenvalue weighted by Crippen LogP contribution is -2.48.